The van der Waals surface area contributed by atoms with E-state index in [9.17, 15) is 4.79 Å². The number of halogens is 1. The molecule has 2 rings (SSSR count). The Bertz CT molecular complexity index is 655. The molecule has 0 radical (unpaired) electrons. The van der Waals surface area contributed by atoms with Gasteiger partial charge in [0.2, 0.25) is 5.91 Å². The third-order valence-corrected chi connectivity index (χ3v) is 3.92. The fourth-order valence-electron chi connectivity index (χ4n) is 2.18. The summed E-state index contributed by atoms with van der Waals surface area (Å²) in [4.78, 5) is 14.0. The lowest BCUT2D eigenvalue weighted by Crippen LogP contribution is -2.33. The van der Waals surface area contributed by atoms with Crippen LogP contribution in [0.1, 0.15) is 19.9 Å². The van der Waals surface area contributed by atoms with E-state index >= 15 is 0 Å². The Labute approximate surface area is 150 Å². The molecule has 0 fully saturated rings. The minimum absolute atomic E-state index is 0.0662. The van der Waals surface area contributed by atoms with Crippen LogP contribution in [0.4, 0.5) is 5.82 Å². The van der Waals surface area contributed by atoms with E-state index in [4.69, 9.17) is 4.74 Å². The third kappa shape index (κ3) is 5.65. The van der Waals surface area contributed by atoms with Crippen molar-refractivity contribution in [3.63, 3.8) is 0 Å². The lowest BCUT2D eigenvalue weighted by atomic mass is 10.3. The van der Waals surface area contributed by atoms with Crippen LogP contribution in [0, 0.1) is 0 Å². The van der Waals surface area contributed by atoms with Gasteiger partial charge in [0, 0.05) is 23.1 Å². The van der Waals surface area contributed by atoms with E-state index in [0.29, 0.717) is 19.7 Å². The maximum atomic E-state index is 12.1. The molecule has 0 atom stereocenters. The summed E-state index contributed by atoms with van der Waals surface area (Å²) in [7, 11) is 1.89. The molecule has 0 unspecified atom stereocenters. The molecule has 0 aliphatic carbocycles. The average Bonchev–Trinajstić information content (AvgIpc) is 2.97. The lowest BCUT2D eigenvalue weighted by molar-refractivity contribution is -0.117. The molecule has 7 heteroatoms. The van der Waals surface area contributed by atoms with Gasteiger partial charge in [-0.3, -0.25) is 9.69 Å². The monoisotopic (exact) mass is 394 g/mol. The number of hydrogen-bond acceptors (Lipinski definition) is 4. The van der Waals surface area contributed by atoms with Crippen LogP contribution in [0.2, 0.25) is 0 Å². The minimum atomic E-state index is -0.0662. The Morgan fingerprint density at radius 3 is 2.71 bits per heavy atom. The Kier molecular flexibility index (Phi) is 6.81. The number of ether oxygens (including phenoxy) is 1. The average molecular weight is 395 g/mol. The molecule has 2 aromatic rings. The maximum absolute atomic E-state index is 12.1. The molecule has 130 valence electrons. The Balaban J connectivity index is 1.73. The predicted molar refractivity (Wildman–Crippen MR) is 98.4 cm³/mol. The van der Waals surface area contributed by atoms with E-state index in [1.54, 1.807) is 16.9 Å². The van der Waals surface area contributed by atoms with Gasteiger partial charge in [0.25, 0.3) is 0 Å². The van der Waals surface area contributed by atoms with E-state index in [-0.39, 0.29) is 11.9 Å². The predicted octanol–water partition coefficient (Wildman–Crippen LogP) is 3.18. The third-order valence-electron chi connectivity index (χ3n) is 3.40. The highest BCUT2D eigenvalue weighted by Crippen LogP contribution is 2.16. The topological polar surface area (TPSA) is 59.4 Å². The summed E-state index contributed by atoms with van der Waals surface area (Å²) in [5, 5.41) is 7.09. The molecule has 0 saturated carbocycles. The van der Waals surface area contributed by atoms with Crippen molar-refractivity contribution in [2.75, 3.05) is 32.1 Å². The van der Waals surface area contributed by atoms with E-state index in [1.165, 1.54) is 0 Å². The summed E-state index contributed by atoms with van der Waals surface area (Å²) >= 11 is 3.39. The van der Waals surface area contributed by atoms with Crippen LogP contribution in [0.5, 0.6) is 5.75 Å². The van der Waals surface area contributed by atoms with Crippen molar-refractivity contribution in [3.8, 4) is 5.75 Å². The number of benzene rings is 1. The van der Waals surface area contributed by atoms with Crippen LogP contribution in [0.25, 0.3) is 0 Å². The fourth-order valence-corrected chi connectivity index (χ4v) is 2.45. The molecular weight excluding hydrogens is 372 g/mol. The molecule has 0 aliphatic heterocycles. The number of anilines is 1. The summed E-state index contributed by atoms with van der Waals surface area (Å²) in [6.45, 7) is 5.53. The second kappa shape index (κ2) is 8.84. The van der Waals surface area contributed by atoms with Crippen molar-refractivity contribution in [2.24, 2.45) is 0 Å². The summed E-state index contributed by atoms with van der Waals surface area (Å²) in [6, 6.07) is 9.68. The molecule has 24 heavy (non-hydrogen) atoms. The number of aromatic nitrogens is 2. The van der Waals surface area contributed by atoms with Gasteiger partial charge in [-0.1, -0.05) is 15.9 Å². The number of nitrogens with one attached hydrogen (secondary N) is 1. The molecule has 0 saturated heterocycles. The van der Waals surface area contributed by atoms with Gasteiger partial charge in [0.1, 0.15) is 18.2 Å². The zero-order chi connectivity index (χ0) is 17.5. The molecule has 0 spiro atoms. The first kappa shape index (κ1) is 18.5. The van der Waals surface area contributed by atoms with Crippen molar-refractivity contribution >= 4 is 27.7 Å². The van der Waals surface area contributed by atoms with Crippen LogP contribution in [-0.2, 0) is 4.79 Å². The van der Waals surface area contributed by atoms with Crippen molar-refractivity contribution in [3.05, 3.63) is 41.0 Å². The molecular formula is C17H23BrN4O2. The SMILES string of the molecule is CC(C)n1nccc1NC(=O)CN(C)CCOc1ccc(Br)cc1. The van der Waals surface area contributed by atoms with Gasteiger partial charge in [-0.15, -0.1) is 0 Å². The lowest BCUT2D eigenvalue weighted by Gasteiger charge is -2.17. The largest absolute Gasteiger partial charge is 0.492 e. The van der Waals surface area contributed by atoms with Gasteiger partial charge < -0.3 is 10.1 Å². The highest BCUT2D eigenvalue weighted by atomic mass is 79.9. The van der Waals surface area contributed by atoms with Crippen LogP contribution in [0.15, 0.2) is 41.0 Å². The highest BCUT2D eigenvalue weighted by molar-refractivity contribution is 9.10. The second-order valence-electron chi connectivity index (χ2n) is 5.84. The molecule has 6 nitrogen and oxygen atoms in total. The van der Waals surface area contributed by atoms with Crippen LogP contribution >= 0.6 is 15.9 Å². The number of amides is 1. The first-order valence-electron chi connectivity index (χ1n) is 7.86. The van der Waals surface area contributed by atoms with Gasteiger partial charge in [0.05, 0.1) is 12.7 Å². The number of likely N-dealkylation sites (N-methyl/N-ethyl adjacent to an activating group) is 1. The second-order valence-corrected chi connectivity index (χ2v) is 6.76. The normalized spacial score (nSPS) is 11.1. The van der Waals surface area contributed by atoms with Gasteiger partial charge in [0.15, 0.2) is 0 Å². The Hall–Kier alpha value is -1.86. The summed E-state index contributed by atoms with van der Waals surface area (Å²) in [5.41, 5.74) is 0. The van der Waals surface area contributed by atoms with Crippen LogP contribution in [0.3, 0.4) is 0 Å². The van der Waals surface area contributed by atoms with Gasteiger partial charge >= 0.3 is 0 Å². The number of hydrogen-bond donors (Lipinski definition) is 1. The molecule has 1 aromatic heterocycles. The molecule has 1 aromatic carbocycles. The zero-order valence-corrected chi connectivity index (χ0v) is 15.8. The van der Waals surface area contributed by atoms with E-state index in [2.05, 4.69) is 26.3 Å². The highest BCUT2D eigenvalue weighted by Gasteiger charge is 2.11. The molecule has 0 aliphatic rings. The first-order valence-corrected chi connectivity index (χ1v) is 8.65. The number of rotatable bonds is 8. The zero-order valence-electron chi connectivity index (χ0n) is 14.2. The van der Waals surface area contributed by atoms with Crippen molar-refractivity contribution in [1.82, 2.24) is 14.7 Å². The Morgan fingerprint density at radius 1 is 1.33 bits per heavy atom. The molecule has 1 amide bonds. The first-order chi connectivity index (χ1) is 11.5. The van der Waals surface area contributed by atoms with Crippen LogP contribution in [-0.4, -0.2) is 47.3 Å². The fraction of sp³-hybridized carbons (Fsp3) is 0.412. The van der Waals surface area contributed by atoms with Gasteiger partial charge in [-0.2, -0.15) is 5.10 Å². The summed E-state index contributed by atoms with van der Waals surface area (Å²) in [5.74, 6) is 1.47. The van der Waals surface area contributed by atoms with Crippen molar-refractivity contribution < 1.29 is 9.53 Å². The quantitative estimate of drug-likeness (QED) is 0.746. The van der Waals surface area contributed by atoms with Gasteiger partial charge in [-0.25, -0.2) is 4.68 Å². The Morgan fingerprint density at radius 2 is 2.04 bits per heavy atom. The van der Waals surface area contributed by atoms with Crippen molar-refractivity contribution in [1.29, 1.82) is 0 Å². The van der Waals surface area contributed by atoms with E-state index in [1.807, 2.05) is 50.1 Å². The minimum Gasteiger partial charge on any atom is -0.492 e. The van der Waals surface area contributed by atoms with E-state index in [0.717, 1.165) is 16.0 Å². The smallest absolute Gasteiger partial charge is 0.239 e. The number of carbonyl (C=O) groups excluding carboxylic acids is 1. The molecule has 1 heterocycles. The standard InChI is InChI=1S/C17H23BrN4O2/c1-13(2)22-16(8-9-19-22)20-17(23)12-21(3)10-11-24-15-6-4-14(18)5-7-15/h4-9,13H,10-12H2,1-3H3,(H,20,23). The molecule has 1 N–H and O–H groups in total. The summed E-state index contributed by atoms with van der Waals surface area (Å²) in [6.07, 6.45) is 1.69. The number of carbonyl (C=O) groups is 1. The van der Waals surface area contributed by atoms with Gasteiger partial charge in [-0.05, 0) is 45.2 Å². The number of nitrogens with zero attached hydrogens (tertiary/aromatic N) is 3. The van der Waals surface area contributed by atoms with Crippen molar-refractivity contribution in [2.45, 2.75) is 19.9 Å². The van der Waals surface area contributed by atoms with E-state index < -0.39 is 0 Å². The maximum Gasteiger partial charge on any atom is 0.239 e. The van der Waals surface area contributed by atoms with Crippen LogP contribution < -0.4 is 10.1 Å². The summed E-state index contributed by atoms with van der Waals surface area (Å²) < 4.78 is 8.47. The molecule has 0 bridgehead atoms.